The number of likely N-dealkylation sites (N-methyl/N-ethyl adjacent to an activating group) is 1. The van der Waals surface area contributed by atoms with Crippen molar-refractivity contribution in [2.45, 2.75) is 52.2 Å². The molecule has 1 amide bonds. The molecule has 3 atom stereocenters. The minimum atomic E-state index is -0.608. The Labute approximate surface area is 228 Å². The third kappa shape index (κ3) is 7.55. The van der Waals surface area contributed by atoms with Crippen molar-refractivity contribution in [1.82, 2.24) is 20.5 Å². The van der Waals surface area contributed by atoms with Gasteiger partial charge in [-0.05, 0) is 68.5 Å². The summed E-state index contributed by atoms with van der Waals surface area (Å²) < 4.78 is 0. The SMILES string of the molecule is CCC(C)(NC)/C(=C(/NCC1C=CC(c2ccccn2)=CC1)Nc1ccccc1)C(N)N(C=O)CC(C)C. The van der Waals surface area contributed by atoms with Gasteiger partial charge in [0.2, 0.25) is 6.41 Å². The number of amides is 1. The molecule has 1 heterocycles. The van der Waals surface area contributed by atoms with Gasteiger partial charge >= 0.3 is 0 Å². The number of rotatable bonds is 14. The van der Waals surface area contributed by atoms with Crippen LogP contribution in [0.15, 0.2) is 84.3 Å². The zero-order chi connectivity index (χ0) is 27.5. The number of nitrogens with two attached hydrogens (primary N) is 1. The van der Waals surface area contributed by atoms with E-state index in [1.165, 1.54) is 0 Å². The van der Waals surface area contributed by atoms with Crippen molar-refractivity contribution in [1.29, 1.82) is 0 Å². The average molecular weight is 517 g/mol. The second kappa shape index (κ2) is 13.9. The lowest BCUT2D eigenvalue weighted by molar-refractivity contribution is -0.120. The number of nitrogens with zero attached hydrogens (tertiary/aromatic N) is 2. The fourth-order valence-corrected chi connectivity index (χ4v) is 4.71. The molecule has 1 aromatic carbocycles. The Hall–Kier alpha value is -3.42. The van der Waals surface area contributed by atoms with Gasteiger partial charge in [-0.3, -0.25) is 9.78 Å². The highest BCUT2D eigenvalue weighted by atomic mass is 16.1. The molecule has 7 nitrogen and oxygen atoms in total. The van der Waals surface area contributed by atoms with Gasteiger partial charge in [-0.15, -0.1) is 0 Å². The lowest BCUT2D eigenvalue weighted by atomic mass is 9.85. The van der Waals surface area contributed by atoms with Crippen LogP contribution in [0.2, 0.25) is 0 Å². The smallest absolute Gasteiger partial charge is 0.211 e. The molecule has 1 aliphatic carbocycles. The van der Waals surface area contributed by atoms with Crippen LogP contribution in [0.4, 0.5) is 5.69 Å². The van der Waals surface area contributed by atoms with Crippen LogP contribution < -0.4 is 21.7 Å². The van der Waals surface area contributed by atoms with Crippen molar-refractivity contribution in [3.8, 4) is 0 Å². The highest BCUT2D eigenvalue weighted by Gasteiger charge is 2.35. The molecule has 3 unspecified atom stereocenters. The molecule has 204 valence electrons. The molecule has 0 fully saturated rings. The molecule has 0 spiro atoms. The number of aromatic nitrogens is 1. The second-order valence-corrected chi connectivity index (χ2v) is 10.5. The number of para-hydroxylation sites is 1. The molecule has 0 radical (unpaired) electrons. The number of benzene rings is 1. The third-order valence-corrected chi connectivity index (χ3v) is 7.22. The van der Waals surface area contributed by atoms with Gasteiger partial charge in [0.05, 0.1) is 5.69 Å². The number of hydrogen-bond donors (Lipinski definition) is 4. The van der Waals surface area contributed by atoms with Gasteiger partial charge in [0, 0.05) is 36.1 Å². The minimum Gasteiger partial charge on any atom is -0.371 e. The van der Waals surface area contributed by atoms with Crippen molar-refractivity contribution < 1.29 is 4.79 Å². The van der Waals surface area contributed by atoms with E-state index in [0.29, 0.717) is 24.9 Å². The highest BCUT2D eigenvalue weighted by Crippen LogP contribution is 2.29. The van der Waals surface area contributed by atoms with Crippen LogP contribution in [0.3, 0.4) is 0 Å². The van der Waals surface area contributed by atoms with Crippen LogP contribution in [0.25, 0.3) is 5.57 Å². The van der Waals surface area contributed by atoms with Crippen LogP contribution in [-0.4, -0.2) is 48.1 Å². The van der Waals surface area contributed by atoms with E-state index >= 15 is 0 Å². The summed E-state index contributed by atoms with van der Waals surface area (Å²) in [6, 6.07) is 16.0. The minimum absolute atomic E-state index is 0.293. The highest BCUT2D eigenvalue weighted by molar-refractivity contribution is 5.72. The van der Waals surface area contributed by atoms with Gasteiger partial charge in [-0.25, -0.2) is 0 Å². The van der Waals surface area contributed by atoms with Crippen LogP contribution in [0.1, 0.15) is 46.2 Å². The summed E-state index contributed by atoms with van der Waals surface area (Å²) >= 11 is 0. The fraction of sp³-hybridized carbons (Fsp3) is 0.419. The average Bonchev–Trinajstić information content (AvgIpc) is 2.95. The van der Waals surface area contributed by atoms with Crippen molar-refractivity contribution in [3.63, 3.8) is 0 Å². The maximum atomic E-state index is 12.2. The van der Waals surface area contributed by atoms with Gasteiger partial charge in [-0.2, -0.15) is 0 Å². The van der Waals surface area contributed by atoms with Crippen molar-refractivity contribution >= 4 is 17.7 Å². The number of allylic oxidation sites excluding steroid dienone is 3. The van der Waals surface area contributed by atoms with E-state index in [0.717, 1.165) is 47.6 Å². The van der Waals surface area contributed by atoms with Crippen LogP contribution in [0.5, 0.6) is 0 Å². The summed E-state index contributed by atoms with van der Waals surface area (Å²) in [5, 5.41) is 10.8. The molecule has 0 bridgehead atoms. The Morgan fingerprint density at radius 2 is 1.95 bits per heavy atom. The van der Waals surface area contributed by atoms with E-state index < -0.39 is 11.7 Å². The van der Waals surface area contributed by atoms with E-state index in [2.05, 4.69) is 66.9 Å². The topological polar surface area (TPSA) is 95.3 Å². The summed E-state index contributed by atoms with van der Waals surface area (Å²) in [6.45, 7) is 9.73. The predicted octanol–water partition coefficient (Wildman–Crippen LogP) is 4.74. The Bertz CT molecular complexity index is 1110. The Balaban J connectivity index is 1.94. The van der Waals surface area contributed by atoms with Gasteiger partial charge in [0.1, 0.15) is 12.0 Å². The molecule has 5 N–H and O–H groups in total. The van der Waals surface area contributed by atoms with Gasteiger partial charge < -0.3 is 26.6 Å². The monoisotopic (exact) mass is 516 g/mol. The summed E-state index contributed by atoms with van der Waals surface area (Å²) in [4.78, 5) is 18.3. The summed E-state index contributed by atoms with van der Waals surface area (Å²) in [5.74, 6) is 1.42. The number of carbonyl (C=O) groups excluding carboxylic acids is 1. The molecule has 1 aromatic heterocycles. The fourth-order valence-electron chi connectivity index (χ4n) is 4.71. The molecular formula is C31H44N6O. The molecule has 7 heteroatoms. The van der Waals surface area contributed by atoms with Crippen molar-refractivity contribution in [2.24, 2.45) is 17.6 Å². The quantitative estimate of drug-likeness (QED) is 0.214. The molecule has 0 saturated carbocycles. The van der Waals surface area contributed by atoms with Crippen LogP contribution in [0, 0.1) is 11.8 Å². The zero-order valence-corrected chi connectivity index (χ0v) is 23.4. The number of nitrogens with one attached hydrogen (secondary N) is 3. The van der Waals surface area contributed by atoms with E-state index in [1.807, 2.05) is 61.8 Å². The number of carbonyl (C=O) groups is 1. The summed E-state index contributed by atoms with van der Waals surface area (Å²) in [5.41, 5.74) is 10.4. The molecule has 3 rings (SSSR count). The zero-order valence-electron chi connectivity index (χ0n) is 23.4. The molecule has 1 aliphatic rings. The standard InChI is InChI=1S/C31H44N6O/c1-6-31(4,33-5)28(29(32)37(22-38)21-23(2)3)30(36-26-12-8-7-9-13-26)35-20-24-15-17-25(18-16-24)27-14-10-11-19-34-27/h7-15,17-19,22-24,29,33,35-36H,6,16,20-21,32H2,1-5H3/b30-28-. The lowest BCUT2D eigenvalue weighted by Gasteiger charge is -2.40. The first-order valence-corrected chi connectivity index (χ1v) is 13.6. The number of anilines is 1. The summed E-state index contributed by atoms with van der Waals surface area (Å²) in [6.07, 6.45) is 10.4. The first-order valence-electron chi connectivity index (χ1n) is 13.6. The largest absolute Gasteiger partial charge is 0.371 e. The van der Waals surface area contributed by atoms with E-state index in [-0.39, 0.29) is 0 Å². The maximum Gasteiger partial charge on any atom is 0.211 e. The first kappa shape index (κ1) is 29.1. The van der Waals surface area contributed by atoms with Gasteiger partial charge in [-0.1, -0.05) is 63.3 Å². The van der Waals surface area contributed by atoms with Crippen LogP contribution in [-0.2, 0) is 4.79 Å². The van der Waals surface area contributed by atoms with E-state index in [4.69, 9.17) is 5.73 Å². The Kier molecular flexibility index (Phi) is 10.7. The second-order valence-electron chi connectivity index (χ2n) is 10.5. The maximum absolute atomic E-state index is 12.2. The van der Waals surface area contributed by atoms with Gasteiger partial charge in [0.25, 0.3) is 0 Å². The van der Waals surface area contributed by atoms with Crippen molar-refractivity contribution in [2.75, 3.05) is 25.5 Å². The third-order valence-electron chi connectivity index (χ3n) is 7.22. The first-order chi connectivity index (χ1) is 18.3. The summed E-state index contributed by atoms with van der Waals surface area (Å²) in [7, 11) is 1.94. The number of pyridine rings is 1. The lowest BCUT2D eigenvalue weighted by Crippen LogP contribution is -2.55. The number of hydrogen-bond acceptors (Lipinski definition) is 6. The van der Waals surface area contributed by atoms with Crippen molar-refractivity contribution in [3.05, 3.63) is 90.0 Å². The molecular weight excluding hydrogens is 472 g/mol. The van der Waals surface area contributed by atoms with Crippen LogP contribution >= 0.6 is 0 Å². The Morgan fingerprint density at radius 3 is 2.50 bits per heavy atom. The molecule has 2 aromatic rings. The Morgan fingerprint density at radius 1 is 1.21 bits per heavy atom. The van der Waals surface area contributed by atoms with E-state index in [1.54, 1.807) is 4.90 Å². The van der Waals surface area contributed by atoms with Gasteiger partial charge in [0.15, 0.2) is 0 Å². The molecule has 0 saturated heterocycles. The molecule has 38 heavy (non-hydrogen) atoms. The van der Waals surface area contributed by atoms with E-state index in [9.17, 15) is 4.79 Å². The predicted molar refractivity (Wildman–Crippen MR) is 158 cm³/mol. The molecule has 0 aliphatic heterocycles. The normalized spacial score (nSPS) is 18.2.